The molecule has 1 saturated carbocycles. The summed E-state index contributed by atoms with van der Waals surface area (Å²) < 4.78 is 5.88. The molecule has 5 heteroatoms. The van der Waals surface area contributed by atoms with Crippen molar-refractivity contribution in [2.75, 3.05) is 13.7 Å². The molecule has 2 N–H and O–H groups in total. The van der Waals surface area contributed by atoms with Gasteiger partial charge >= 0.3 is 0 Å². The molecule has 2 unspecified atom stereocenters. The third-order valence-electron chi connectivity index (χ3n) is 3.72. The number of nitrogens with one attached hydrogen (secondary N) is 1. The maximum absolute atomic E-state index is 12.2. The van der Waals surface area contributed by atoms with Crippen LogP contribution in [0.4, 0.5) is 0 Å². The molecule has 1 fully saturated rings. The molecule has 2 rings (SSSR count). The Bertz CT molecular complexity index is 478. The Kier molecular flexibility index (Phi) is 5.43. The summed E-state index contributed by atoms with van der Waals surface area (Å²) in [6, 6.07) is 5.33. The van der Waals surface area contributed by atoms with Crippen LogP contribution in [0.1, 0.15) is 36.0 Å². The van der Waals surface area contributed by atoms with Crippen LogP contribution in [0.3, 0.4) is 0 Å². The number of benzene rings is 1. The van der Waals surface area contributed by atoms with Gasteiger partial charge in [0.25, 0.3) is 5.91 Å². The maximum Gasteiger partial charge on any atom is 0.252 e. The van der Waals surface area contributed by atoms with E-state index in [1.807, 2.05) is 0 Å². The molecule has 0 bridgehead atoms. The van der Waals surface area contributed by atoms with Gasteiger partial charge in [0.1, 0.15) is 5.75 Å². The van der Waals surface area contributed by atoms with Crippen molar-refractivity contribution < 1.29 is 14.6 Å². The van der Waals surface area contributed by atoms with E-state index in [0.29, 0.717) is 23.8 Å². The number of carbonyl (C=O) groups excluding carboxylic acids is 1. The summed E-state index contributed by atoms with van der Waals surface area (Å²) in [7, 11) is 1.58. The maximum atomic E-state index is 12.2. The largest absolute Gasteiger partial charge is 0.497 e. The Morgan fingerprint density at radius 2 is 2.30 bits per heavy atom. The molecule has 0 spiro atoms. The highest BCUT2D eigenvalue weighted by Crippen LogP contribution is 2.25. The zero-order chi connectivity index (χ0) is 14.5. The highest BCUT2D eigenvalue weighted by Gasteiger charge is 2.21. The molecule has 0 radical (unpaired) electrons. The first-order valence-electron chi connectivity index (χ1n) is 6.90. The summed E-state index contributed by atoms with van der Waals surface area (Å²) in [6.07, 6.45) is 3.54. The Balaban J connectivity index is 1.94. The Labute approximate surface area is 127 Å². The fourth-order valence-corrected chi connectivity index (χ4v) is 3.01. The van der Waals surface area contributed by atoms with E-state index >= 15 is 0 Å². The fraction of sp³-hybridized carbons (Fsp3) is 0.533. The number of aliphatic hydroxyl groups is 1. The first-order chi connectivity index (χ1) is 9.60. The number of amides is 1. The lowest BCUT2D eigenvalue weighted by Gasteiger charge is -2.26. The standard InChI is InChI=1S/C15H20BrNO3/c1-20-12-5-6-14(16)13(8-12)15(19)17-9-10-3-2-4-11(18)7-10/h5-6,8,10-11,18H,2-4,7,9H2,1H3,(H,17,19). The minimum Gasteiger partial charge on any atom is -0.497 e. The van der Waals surface area contributed by atoms with Gasteiger partial charge in [-0.3, -0.25) is 4.79 Å². The molecule has 0 aromatic heterocycles. The van der Waals surface area contributed by atoms with E-state index < -0.39 is 0 Å². The molecule has 1 amide bonds. The van der Waals surface area contributed by atoms with Gasteiger partial charge < -0.3 is 15.2 Å². The summed E-state index contributed by atoms with van der Waals surface area (Å²) >= 11 is 3.38. The second-order valence-electron chi connectivity index (χ2n) is 5.24. The van der Waals surface area contributed by atoms with Crippen molar-refractivity contribution in [1.29, 1.82) is 0 Å². The molecule has 110 valence electrons. The van der Waals surface area contributed by atoms with E-state index in [1.54, 1.807) is 25.3 Å². The molecule has 4 nitrogen and oxygen atoms in total. The predicted octanol–water partition coefficient (Wildman–Crippen LogP) is 2.74. The number of ether oxygens (including phenoxy) is 1. The Morgan fingerprint density at radius 3 is 3.00 bits per heavy atom. The van der Waals surface area contributed by atoms with Crippen LogP contribution < -0.4 is 10.1 Å². The fourth-order valence-electron chi connectivity index (χ4n) is 2.59. The SMILES string of the molecule is COc1ccc(Br)c(C(=O)NCC2CCCC(O)C2)c1. The molecule has 2 atom stereocenters. The third kappa shape index (κ3) is 3.96. The second kappa shape index (κ2) is 7.09. The first kappa shape index (κ1) is 15.3. The van der Waals surface area contributed by atoms with Crippen LogP contribution in [-0.2, 0) is 0 Å². The van der Waals surface area contributed by atoms with Gasteiger partial charge in [0.15, 0.2) is 0 Å². The molecular weight excluding hydrogens is 322 g/mol. The van der Waals surface area contributed by atoms with Gasteiger partial charge in [-0.2, -0.15) is 0 Å². The van der Waals surface area contributed by atoms with Gasteiger partial charge in [0, 0.05) is 11.0 Å². The van der Waals surface area contributed by atoms with Gasteiger partial charge in [-0.25, -0.2) is 0 Å². The number of halogens is 1. The lowest BCUT2D eigenvalue weighted by Crippen LogP contribution is -2.33. The lowest BCUT2D eigenvalue weighted by atomic mass is 9.87. The van der Waals surface area contributed by atoms with Crippen molar-refractivity contribution in [2.24, 2.45) is 5.92 Å². The smallest absolute Gasteiger partial charge is 0.252 e. The molecule has 1 aliphatic rings. The van der Waals surface area contributed by atoms with Crippen LogP contribution in [-0.4, -0.2) is 30.8 Å². The van der Waals surface area contributed by atoms with Crippen molar-refractivity contribution in [3.05, 3.63) is 28.2 Å². The van der Waals surface area contributed by atoms with Crippen molar-refractivity contribution in [1.82, 2.24) is 5.32 Å². The Hall–Kier alpha value is -1.07. The molecule has 0 aliphatic heterocycles. The molecule has 1 aliphatic carbocycles. The van der Waals surface area contributed by atoms with Crippen molar-refractivity contribution >= 4 is 21.8 Å². The highest BCUT2D eigenvalue weighted by molar-refractivity contribution is 9.10. The number of hydrogen-bond donors (Lipinski definition) is 2. The lowest BCUT2D eigenvalue weighted by molar-refractivity contribution is 0.0873. The molecular formula is C15H20BrNO3. The number of carbonyl (C=O) groups is 1. The zero-order valence-electron chi connectivity index (χ0n) is 11.6. The average Bonchev–Trinajstić information content (AvgIpc) is 2.45. The summed E-state index contributed by atoms with van der Waals surface area (Å²) in [6.45, 7) is 0.611. The van der Waals surface area contributed by atoms with Gasteiger partial charge in [0.05, 0.1) is 18.8 Å². The van der Waals surface area contributed by atoms with Crippen molar-refractivity contribution in [3.8, 4) is 5.75 Å². The van der Waals surface area contributed by atoms with E-state index in [4.69, 9.17) is 4.74 Å². The van der Waals surface area contributed by atoms with E-state index in [-0.39, 0.29) is 12.0 Å². The minimum absolute atomic E-state index is 0.115. The van der Waals surface area contributed by atoms with Gasteiger partial charge in [-0.1, -0.05) is 6.42 Å². The van der Waals surface area contributed by atoms with Crippen molar-refractivity contribution in [2.45, 2.75) is 31.8 Å². The van der Waals surface area contributed by atoms with E-state index in [2.05, 4.69) is 21.2 Å². The van der Waals surface area contributed by atoms with E-state index in [1.165, 1.54) is 0 Å². The monoisotopic (exact) mass is 341 g/mol. The second-order valence-corrected chi connectivity index (χ2v) is 6.10. The number of rotatable bonds is 4. The average molecular weight is 342 g/mol. The summed E-state index contributed by atoms with van der Waals surface area (Å²) in [4.78, 5) is 12.2. The first-order valence-corrected chi connectivity index (χ1v) is 7.69. The third-order valence-corrected chi connectivity index (χ3v) is 4.42. The number of hydrogen-bond acceptors (Lipinski definition) is 3. The van der Waals surface area contributed by atoms with Crippen LogP contribution in [0.15, 0.2) is 22.7 Å². The zero-order valence-corrected chi connectivity index (χ0v) is 13.1. The van der Waals surface area contributed by atoms with Gasteiger partial charge in [-0.15, -0.1) is 0 Å². The summed E-state index contributed by atoms with van der Waals surface area (Å²) in [5.41, 5.74) is 0.570. The molecule has 1 aromatic carbocycles. The van der Waals surface area contributed by atoms with Crippen LogP contribution >= 0.6 is 15.9 Å². The highest BCUT2D eigenvalue weighted by atomic mass is 79.9. The van der Waals surface area contributed by atoms with Crippen molar-refractivity contribution in [3.63, 3.8) is 0 Å². The Morgan fingerprint density at radius 1 is 1.50 bits per heavy atom. The normalized spacial score (nSPS) is 22.4. The van der Waals surface area contributed by atoms with Crippen LogP contribution in [0.2, 0.25) is 0 Å². The molecule has 1 aromatic rings. The number of methoxy groups -OCH3 is 1. The van der Waals surface area contributed by atoms with Crippen LogP contribution in [0.5, 0.6) is 5.75 Å². The number of aliphatic hydroxyl groups excluding tert-OH is 1. The van der Waals surface area contributed by atoms with Crippen LogP contribution in [0.25, 0.3) is 0 Å². The van der Waals surface area contributed by atoms with E-state index in [9.17, 15) is 9.90 Å². The topological polar surface area (TPSA) is 58.6 Å². The molecule has 20 heavy (non-hydrogen) atoms. The minimum atomic E-state index is -0.214. The van der Waals surface area contributed by atoms with Gasteiger partial charge in [0.2, 0.25) is 0 Å². The van der Waals surface area contributed by atoms with Gasteiger partial charge in [-0.05, 0) is 59.3 Å². The molecule has 0 heterocycles. The summed E-state index contributed by atoms with van der Waals surface area (Å²) in [5.74, 6) is 0.911. The van der Waals surface area contributed by atoms with Crippen LogP contribution in [0, 0.1) is 5.92 Å². The van der Waals surface area contributed by atoms with E-state index in [0.717, 1.165) is 30.2 Å². The molecule has 0 saturated heterocycles. The quantitative estimate of drug-likeness (QED) is 0.885. The predicted molar refractivity (Wildman–Crippen MR) is 81.0 cm³/mol. The summed E-state index contributed by atoms with van der Waals surface area (Å²) in [5, 5.41) is 12.6.